The van der Waals surface area contributed by atoms with Crippen LogP contribution >= 0.6 is 15.9 Å². The maximum Gasteiger partial charge on any atom is 0.234 e. The molecule has 0 atom stereocenters. The zero-order valence-electron chi connectivity index (χ0n) is 23.8. The van der Waals surface area contributed by atoms with Crippen LogP contribution in [-0.4, -0.2) is 29.1 Å². The number of hydrogen-bond acceptors (Lipinski definition) is 4. The minimum atomic E-state index is 0.625. The topological polar surface area (TPSA) is 61.4 Å². The van der Waals surface area contributed by atoms with Crippen molar-refractivity contribution in [2.75, 3.05) is 0 Å². The summed E-state index contributed by atoms with van der Waals surface area (Å²) in [5.41, 5.74) is 8.29. The maximum atomic E-state index is 4.86. The Morgan fingerprint density at radius 2 is 0.822 bits per heavy atom. The summed E-state index contributed by atoms with van der Waals surface area (Å²) in [5, 5.41) is 4.44. The average Bonchev–Trinajstić information content (AvgIpc) is 3.60. The summed E-state index contributed by atoms with van der Waals surface area (Å²) >= 11 is 3.71. The molecule has 0 saturated heterocycles. The molecule has 0 aliphatic heterocycles. The van der Waals surface area contributed by atoms with E-state index >= 15 is 0 Å². The molecule has 0 unspecified atom stereocenters. The van der Waals surface area contributed by atoms with E-state index < -0.39 is 0 Å². The number of benzene rings is 5. The van der Waals surface area contributed by atoms with Gasteiger partial charge in [0.2, 0.25) is 11.9 Å². The highest BCUT2D eigenvalue weighted by atomic mass is 79.9. The second-order valence-corrected chi connectivity index (χ2v) is 11.9. The fraction of sp³-hybridized carbons (Fsp3) is 0. The van der Waals surface area contributed by atoms with Crippen LogP contribution in [0.5, 0.6) is 0 Å². The highest BCUT2D eigenvalue weighted by Gasteiger charge is 2.20. The van der Waals surface area contributed by atoms with Gasteiger partial charge in [-0.1, -0.05) is 94.8 Å². The Kier molecular flexibility index (Phi) is 5.86. The van der Waals surface area contributed by atoms with Crippen LogP contribution in [0.4, 0.5) is 0 Å². The van der Waals surface area contributed by atoms with Gasteiger partial charge < -0.3 is 0 Å². The van der Waals surface area contributed by atoms with Crippen LogP contribution in [0.15, 0.2) is 145 Å². The van der Waals surface area contributed by atoms with Gasteiger partial charge in [-0.15, -0.1) is 0 Å². The van der Waals surface area contributed by atoms with Gasteiger partial charge in [-0.25, -0.2) is 19.9 Å². The Balaban J connectivity index is 1.29. The lowest BCUT2D eigenvalue weighted by atomic mass is 10.1. The van der Waals surface area contributed by atoms with E-state index in [0.29, 0.717) is 11.9 Å². The molecule has 0 bridgehead atoms. The quantitative estimate of drug-likeness (QED) is 0.192. The lowest BCUT2D eigenvalue weighted by Gasteiger charge is -2.08. The molecule has 0 spiro atoms. The van der Waals surface area contributed by atoms with Gasteiger partial charge in [-0.3, -0.25) is 9.13 Å². The summed E-state index contributed by atoms with van der Waals surface area (Å²) in [6.45, 7) is 0. The molecule has 212 valence electrons. The van der Waals surface area contributed by atoms with Crippen LogP contribution in [0.2, 0.25) is 0 Å². The third kappa shape index (κ3) is 4.16. The number of halogens is 1. The molecule has 0 saturated carbocycles. The van der Waals surface area contributed by atoms with Gasteiger partial charge in [0.1, 0.15) is 0 Å². The van der Waals surface area contributed by atoms with Crippen molar-refractivity contribution in [3.8, 4) is 34.2 Å². The molecule has 4 heterocycles. The Morgan fingerprint density at radius 3 is 1.38 bits per heavy atom. The summed E-state index contributed by atoms with van der Waals surface area (Å²) < 4.78 is 5.32. The Morgan fingerprint density at radius 1 is 0.378 bits per heavy atom. The van der Waals surface area contributed by atoms with Gasteiger partial charge in [0, 0.05) is 61.9 Å². The van der Waals surface area contributed by atoms with Crippen molar-refractivity contribution in [1.29, 1.82) is 0 Å². The van der Waals surface area contributed by atoms with E-state index in [1.165, 1.54) is 0 Å². The first-order valence-electron chi connectivity index (χ1n) is 14.7. The largest absolute Gasteiger partial charge is 0.278 e. The molecule has 5 aromatic carbocycles. The summed E-state index contributed by atoms with van der Waals surface area (Å²) in [6, 6.07) is 39.7. The minimum Gasteiger partial charge on any atom is -0.278 e. The van der Waals surface area contributed by atoms with Gasteiger partial charge in [0.25, 0.3) is 0 Å². The maximum absolute atomic E-state index is 4.86. The van der Waals surface area contributed by atoms with E-state index in [9.17, 15) is 0 Å². The zero-order chi connectivity index (χ0) is 29.9. The van der Waals surface area contributed by atoms with Crippen LogP contribution < -0.4 is 0 Å². The van der Waals surface area contributed by atoms with E-state index in [2.05, 4.69) is 104 Å². The third-order valence-electron chi connectivity index (χ3n) is 8.41. The highest BCUT2D eigenvalue weighted by molar-refractivity contribution is 9.10. The normalized spacial score (nSPS) is 11.7. The fourth-order valence-electron chi connectivity index (χ4n) is 6.32. The van der Waals surface area contributed by atoms with Crippen LogP contribution in [0, 0.1) is 0 Å². The average molecular weight is 644 g/mol. The Hall–Kier alpha value is -5.66. The van der Waals surface area contributed by atoms with E-state index in [1.807, 2.05) is 61.2 Å². The van der Waals surface area contributed by atoms with Gasteiger partial charge in [-0.2, -0.15) is 0 Å². The molecule has 9 aromatic rings. The van der Waals surface area contributed by atoms with Crippen LogP contribution in [0.1, 0.15) is 0 Å². The predicted molar refractivity (Wildman–Crippen MR) is 185 cm³/mol. The molecule has 0 N–H and O–H groups in total. The molecule has 9 rings (SSSR count). The van der Waals surface area contributed by atoms with Crippen molar-refractivity contribution in [2.45, 2.75) is 0 Å². The summed E-state index contributed by atoms with van der Waals surface area (Å²) in [6.07, 6.45) is 7.59. The molecule has 45 heavy (non-hydrogen) atoms. The van der Waals surface area contributed by atoms with Gasteiger partial charge >= 0.3 is 0 Å². The van der Waals surface area contributed by atoms with Gasteiger partial charge in [-0.05, 0) is 47.5 Å². The number of hydrogen-bond donors (Lipinski definition) is 0. The zero-order valence-corrected chi connectivity index (χ0v) is 25.4. The van der Waals surface area contributed by atoms with Gasteiger partial charge in [0.05, 0.1) is 22.1 Å². The van der Waals surface area contributed by atoms with E-state index in [-0.39, 0.29) is 0 Å². The smallest absolute Gasteiger partial charge is 0.234 e. The number of aromatic nitrogens is 6. The monoisotopic (exact) mass is 642 g/mol. The second-order valence-electron chi connectivity index (χ2n) is 11.0. The molecular weight excluding hydrogens is 620 g/mol. The second kappa shape index (κ2) is 10.2. The fourth-order valence-corrected chi connectivity index (χ4v) is 6.68. The molecule has 4 aromatic heterocycles. The van der Waals surface area contributed by atoms with E-state index in [4.69, 9.17) is 19.9 Å². The first-order valence-corrected chi connectivity index (χ1v) is 15.4. The number of nitrogens with zero attached hydrogens (tertiary/aromatic N) is 6. The van der Waals surface area contributed by atoms with E-state index in [0.717, 1.165) is 70.3 Å². The van der Waals surface area contributed by atoms with Crippen molar-refractivity contribution < 1.29 is 0 Å². The van der Waals surface area contributed by atoms with Crippen LogP contribution in [0.3, 0.4) is 0 Å². The van der Waals surface area contributed by atoms with Crippen LogP contribution in [0.25, 0.3) is 77.8 Å². The first-order chi connectivity index (χ1) is 22.2. The summed E-state index contributed by atoms with van der Waals surface area (Å²) in [5.74, 6) is 1.25. The van der Waals surface area contributed by atoms with Crippen molar-refractivity contribution >= 4 is 59.5 Å². The lowest BCUT2D eigenvalue weighted by molar-refractivity contribution is 0.987. The molecule has 0 radical (unpaired) electrons. The molecule has 0 amide bonds. The molecule has 7 heteroatoms. The first kappa shape index (κ1) is 25.8. The Bertz CT molecular complexity index is 2520. The van der Waals surface area contributed by atoms with Crippen LogP contribution in [-0.2, 0) is 0 Å². The summed E-state index contributed by atoms with van der Waals surface area (Å²) in [7, 11) is 0. The van der Waals surface area contributed by atoms with Crippen molar-refractivity contribution in [3.05, 3.63) is 145 Å². The van der Waals surface area contributed by atoms with Crippen molar-refractivity contribution in [2.24, 2.45) is 0 Å². The van der Waals surface area contributed by atoms with Crippen molar-refractivity contribution in [3.63, 3.8) is 0 Å². The minimum absolute atomic E-state index is 0.625. The summed E-state index contributed by atoms with van der Waals surface area (Å²) in [4.78, 5) is 19.4. The highest BCUT2D eigenvalue weighted by Crippen LogP contribution is 2.39. The SMILES string of the molecule is Brc1ccc2c(c1)c1cc3c(cc1n2-c1ncc(-c2ccccc2)cn1)c1ccccc1n3-c1ncc(-c2ccccc2)cn1. The molecule has 0 fully saturated rings. The van der Waals surface area contributed by atoms with Crippen molar-refractivity contribution in [1.82, 2.24) is 29.1 Å². The molecular formula is C38H23BrN6. The molecule has 0 aliphatic rings. The lowest BCUT2D eigenvalue weighted by Crippen LogP contribution is -2.01. The molecule has 0 aliphatic carbocycles. The van der Waals surface area contributed by atoms with E-state index in [1.54, 1.807) is 0 Å². The predicted octanol–water partition coefficient (Wildman–Crippen LogP) is 9.56. The number of para-hydroxylation sites is 1. The Labute approximate surface area is 266 Å². The molecule has 6 nitrogen and oxygen atoms in total. The van der Waals surface area contributed by atoms with Gasteiger partial charge in [0.15, 0.2) is 0 Å². The number of fused-ring (bicyclic) bond motifs is 6. The number of rotatable bonds is 4. The third-order valence-corrected chi connectivity index (χ3v) is 8.90. The standard InChI is InChI=1S/C38H23BrN6/c39-28-15-16-34-30(17-28)32-19-35-31(18-36(32)45(34)38-42-22-27(23-43-38)25-11-5-2-6-12-25)29-13-7-8-14-33(29)44(35)37-40-20-26(21-41-37)24-9-3-1-4-10-24/h1-23H.